The second-order valence-electron chi connectivity index (χ2n) is 7.45. The minimum atomic E-state index is -0.740. The monoisotopic (exact) mass is 406 g/mol. The molecule has 5 nitrogen and oxygen atoms in total. The summed E-state index contributed by atoms with van der Waals surface area (Å²) < 4.78 is 10.2. The number of ether oxygens (including phenoxy) is 2. The number of hydrogen-bond acceptors (Lipinski definition) is 5. The van der Waals surface area contributed by atoms with Crippen LogP contribution in [0.3, 0.4) is 0 Å². The number of unbranched alkanes of at least 4 members (excludes halogenated alkanes) is 7. The summed E-state index contributed by atoms with van der Waals surface area (Å²) in [5.41, 5.74) is 0. The van der Waals surface area contributed by atoms with E-state index in [1.807, 2.05) is 12.2 Å². The molecule has 1 aliphatic rings. The van der Waals surface area contributed by atoms with Crippen LogP contribution in [0.5, 0.6) is 0 Å². The predicted molar refractivity (Wildman–Crippen MR) is 115 cm³/mol. The quantitative estimate of drug-likeness (QED) is 0.123. The van der Waals surface area contributed by atoms with Crippen molar-refractivity contribution in [3.8, 4) is 11.8 Å². The van der Waals surface area contributed by atoms with Gasteiger partial charge in [-0.05, 0) is 44.6 Å². The summed E-state index contributed by atoms with van der Waals surface area (Å²) in [4.78, 5) is 22.2. The first-order valence-electron chi connectivity index (χ1n) is 10.9. The van der Waals surface area contributed by atoms with Gasteiger partial charge >= 0.3 is 5.97 Å². The molecule has 0 N–H and O–H groups in total. The summed E-state index contributed by atoms with van der Waals surface area (Å²) >= 11 is 0. The van der Waals surface area contributed by atoms with Crippen LogP contribution >= 0.6 is 0 Å². The Morgan fingerprint density at radius 1 is 1.17 bits per heavy atom. The molecule has 2 atom stereocenters. The molecule has 2 unspecified atom stereocenters. The van der Waals surface area contributed by atoms with Gasteiger partial charge in [0.1, 0.15) is 6.10 Å². The maximum absolute atomic E-state index is 11.3. The third-order valence-electron chi connectivity index (χ3n) is 5.12. The summed E-state index contributed by atoms with van der Waals surface area (Å²) in [5, 5.41) is 0. The summed E-state index contributed by atoms with van der Waals surface area (Å²) in [6, 6.07) is 0. The molecular formula is C24H38O5. The molecule has 0 saturated carbocycles. The van der Waals surface area contributed by atoms with Gasteiger partial charge in [0.25, 0.3) is 0 Å². The van der Waals surface area contributed by atoms with E-state index in [0.29, 0.717) is 19.3 Å². The van der Waals surface area contributed by atoms with Crippen molar-refractivity contribution in [2.75, 3.05) is 14.2 Å². The molecule has 29 heavy (non-hydrogen) atoms. The molecule has 1 saturated heterocycles. The zero-order valence-electron chi connectivity index (χ0n) is 18.3. The van der Waals surface area contributed by atoms with Gasteiger partial charge in [0.05, 0.1) is 13.5 Å². The van der Waals surface area contributed by atoms with Crippen molar-refractivity contribution >= 4 is 5.97 Å². The van der Waals surface area contributed by atoms with Gasteiger partial charge in [0, 0.05) is 26.4 Å². The Balaban J connectivity index is 2.11. The minimum absolute atomic E-state index is 0.198. The normalized spacial score (nSPS) is 21.5. The average Bonchev–Trinajstić information content (AvgIpc) is 2.75. The van der Waals surface area contributed by atoms with Gasteiger partial charge in [0.15, 0.2) is 0 Å². The average molecular weight is 407 g/mol. The largest absolute Gasteiger partial charge is 0.469 e. The van der Waals surface area contributed by atoms with Crippen molar-refractivity contribution in [1.82, 2.24) is 0 Å². The van der Waals surface area contributed by atoms with Gasteiger partial charge in [0.2, 0.25) is 5.79 Å². The third-order valence-corrected chi connectivity index (χ3v) is 5.12. The number of esters is 1. The Morgan fingerprint density at radius 3 is 2.59 bits per heavy atom. The Labute approximate surface area is 176 Å². The molecule has 1 rings (SSSR count). The van der Waals surface area contributed by atoms with Crippen LogP contribution in [0.25, 0.3) is 0 Å². The van der Waals surface area contributed by atoms with E-state index >= 15 is 0 Å². The molecule has 1 fully saturated rings. The number of methoxy groups -OCH3 is 2. The molecule has 0 amide bonds. The summed E-state index contributed by atoms with van der Waals surface area (Å²) in [6.07, 6.45) is 18.4. The smallest absolute Gasteiger partial charge is 0.308 e. The molecule has 0 radical (unpaired) electrons. The van der Waals surface area contributed by atoms with Gasteiger partial charge in [-0.3, -0.25) is 4.79 Å². The zero-order valence-corrected chi connectivity index (χ0v) is 18.3. The maximum Gasteiger partial charge on any atom is 0.308 e. The first-order chi connectivity index (χ1) is 14.2. The van der Waals surface area contributed by atoms with Crippen molar-refractivity contribution in [2.45, 2.75) is 95.4 Å². The number of rotatable bonds is 14. The highest BCUT2D eigenvalue weighted by Gasteiger charge is 2.38. The van der Waals surface area contributed by atoms with Crippen LogP contribution < -0.4 is 0 Å². The van der Waals surface area contributed by atoms with Gasteiger partial charge in [-0.1, -0.05) is 43.3 Å². The van der Waals surface area contributed by atoms with Crippen molar-refractivity contribution < 1.29 is 24.0 Å². The number of hydrogen-bond donors (Lipinski definition) is 0. The highest BCUT2D eigenvalue weighted by molar-refractivity contribution is 5.69. The van der Waals surface area contributed by atoms with E-state index in [2.05, 4.69) is 29.2 Å². The van der Waals surface area contributed by atoms with Crippen LogP contribution in [-0.4, -0.2) is 32.1 Å². The van der Waals surface area contributed by atoms with Gasteiger partial charge < -0.3 is 9.47 Å². The van der Waals surface area contributed by atoms with Crippen LogP contribution in [-0.2, 0) is 24.0 Å². The Morgan fingerprint density at radius 2 is 1.93 bits per heavy atom. The molecule has 1 aliphatic heterocycles. The van der Waals surface area contributed by atoms with Gasteiger partial charge in [-0.25, -0.2) is 9.78 Å². The fourth-order valence-electron chi connectivity index (χ4n) is 3.24. The van der Waals surface area contributed by atoms with Gasteiger partial charge in [-0.2, -0.15) is 0 Å². The number of carbonyl (C=O) groups is 1. The van der Waals surface area contributed by atoms with Crippen molar-refractivity contribution in [3.63, 3.8) is 0 Å². The van der Waals surface area contributed by atoms with Gasteiger partial charge in [-0.15, -0.1) is 6.58 Å². The Hall–Kier alpha value is -1.61. The topological polar surface area (TPSA) is 54.0 Å². The standard InChI is InChI=1S/C24H38O5/c1-4-5-6-7-8-9-10-11-12-13-14-15-16-17-19-24(27-3)20-18-22(28-29-24)21-23(25)26-2/h4,12-13,22H,1,5-11,16-21H2,2-3H3. The molecule has 0 aromatic heterocycles. The fourth-order valence-corrected chi connectivity index (χ4v) is 3.24. The Bertz CT molecular complexity index is 535. The zero-order chi connectivity index (χ0) is 21.2. The first kappa shape index (κ1) is 25.4. The van der Waals surface area contributed by atoms with Crippen molar-refractivity contribution in [2.24, 2.45) is 0 Å². The molecule has 0 aliphatic carbocycles. The highest BCUT2D eigenvalue weighted by Crippen LogP contribution is 2.33. The molecule has 0 aromatic rings. The minimum Gasteiger partial charge on any atom is -0.469 e. The van der Waals surface area contributed by atoms with E-state index < -0.39 is 5.79 Å². The van der Waals surface area contributed by atoms with Crippen LogP contribution in [0.15, 0.2) is 24.8 Å². The molecule has 164 valence electrons. The summed E-state index contributed by atoms with van der Waals surface area (Å²) in [7, 11) is 2.99. The van der Waals surface area contributed by atoms with Crippen molar-refractivity contribution in [3.05, 3.63) is 24.8 Å². The van der Waals surface area contributed by atoms with E-state index in [-0.39, 0.29) is 18.5 Å². The highest BCUT2D eigenvalue weighted by atomic mass is 17.2. The lowest BCUT2D eigenvalue weighted by atomic mass is 9.99. The van der Waals surface area contributed by atoms with Crippen LogP contribution in [0, 0.1) is 11.8 Å². The summed E-state index contributed by atoms with van der Waals surface area (Å²) in [6.45, 7) is 3.75. The van der Waals surface area contributed by atoms with E-state index in [1.165, 1.54) is 39.2 Å². The lowest BCUT2D eigenvalue weighted by molar-refractivity contribution is -0.466. The van der Waals surface area contributed by atoms with E-state index in [4.69, 9.17) is 14.5 Å². The predicted octanol–water partition coefficient (Wildman–Crippen LogP) is 5.65. The fraction of sp³-hybridized carbons (Fsp3) is 0.708. The van der Waals surface area contributed by atoms with Crippen LogP contribution in [0.4, 0.5) is 0 Å². The van der Waals surface area contributed by atoms with Crippen LogP contribution in [0.2, 0.25) is 0 Å². The molecule has 5 heteroatoms. The molecule has 0 aromatic carbocycles. The van der Waals surface area contributed by atoms with Crippen LogP contribution in [0.1, 0.15) is 83.5 Å². The Kier molecular flexibility index (Phi) is 14.2. The molecule has 0 bridgehead atoms. The number of allylic oxidation sites excluding steroid dienone is 3. The first-order valence-corrected chi connectivity index (χ1v) is 10.9. The molecule has 1 heterocycles. The second-order valence-corrected chi connectivity index (χ2v) is 7.45. The lowest BCUT2D eigenvalue weighted by Crippen LogP contribution is -2.42. The number of carbonyl (C=O) groups excluding carboxylic acids is 1. The second kappa shape index (κ2) is 16.2. The molecular weight excluding hydrogens is 368 g/mol. The maximum atomic E-state index is 11.3. The van der Waals surface area contributed by atoms with E-state index in [1.54, 1.807) is 7.11 Å². The van der Waals surface area contributed by atoms with E-state index in [0.717, 1.165) is 25.7 Å². The molecule has 0 spiro atoms. The SMILES string of the molecule is C=CCCCCCCCC=CC#CCCCC1(OC)CCC(CC(=O)OC)OO1. The lowest BCUT2D eigenvalue weighted by Gasteiger charge is -2.37. The summed E-state index contributed by atoms with van der Waals surface area (Å²) in [5.74, 6) is 5.24. The van der Waals surface area contributed by atoms with Crippen molar-refractivity contribution in [1.29, 1.82) is 0 Å². The third kappa shape index (κ3) is 11.9. The van der Waals surface area contributed by atoms with E-state index in [9.17, 15) is 4.79 Å².